The van der Waals surface area contributed by atoms with Gasteiger partial charge in [0.15, 0.2) is 0 Å². The summed E-state index contributed by atoms with van der Waals surface area (Å²) in [5.41, 5.74) is 2.45. The monoisotopic (exact) mass is 439 g/mol. The predicted molar refractivity (Wildman–Crippen MR) is 116 cm³/mol. The third-order valence-electron chi connectivity index (χ3n) is 5.20. The maximum atomic E-state index is 13.1. The maximum Gasteiger partial charge on any atom is 0.289 e. The van der Waals surface area contributed by atoms with E-state index >= 15 is 0 Å². The molecular weight excluding hydrogens is 418 g/mol. The fourth-order valence-electron chi connectivity index (χ4n) is 3.54. The number of hydrazone groups is 1. The van der Waals surface area contributed by atoms with Crippen LogP contribution in [0.15, 0.2) is 53.6 Å². The number of imide groups is 1. The molecule has 31 heavy (non-hydrogen) atoms. The fourth-order valence-corrected chi connectivity index (χ4v) is 4.27. The van der Waals surface area contributed by atoms with Gasteiger partial charge in [0.2, 0.25) is 5.91 Å². The number of thioether (sulfide) groups is 1. The Morgan fingerprint density at radius 2 is 1.84 bits per heavy atom. The van der Waals surface area contributed by atoms with Crippen molar-refractivity contribution in [3.05, 3.63) is 59.7 Å². The molecule has 1 unspecified atom stereocenters. The summed E-state index contributed by atoms with van der Waals surface area (Å²) in [6.07, 6.45) is 0.488. The summed E-state index contributed by atoms with van der Waals surface area (Å²) in [4.78, 5) is 38.0. The normalized spacial score (nSPS) is 18.4. The largest absolute Gasteiger partial charge is 0.497 e. The standard InChI is InChI=1S/C22H21N3O5S/c1-29-16-8-6-14(7-9-16)19-11-18(15-4-3-5-17(10-15)30-2)23-25(19)20(26)12-24-21(27)13-31-22(24)28/h3-10,19H,11-13H2,1-2H3. The van der Waals surface area contributed by atoms with Crippen molar-refractivity contribution in [3.63, 3.8) is 0 Å². The highest BCUT2D eigenvalue weighted by molar-refractivity contribution is 8.14. The van der Waals surface area contributed by atoms with Gasteiger partial charge in [-0.15, -0.1) is 0 Å². The van der Waals surface area contributed by atoms with E-state index in [-0.39, 0.29) is 24.2 Å². The molecule has 8 nitrogen and oxygen atoms in total. The van der Waals surface area contributed by atoms with Crippen molar-refractivity contribution in [1.29, 1.82) is 0 Å². The van der Waals surface area contributed by atoms with Crippen LogP contribution in [0, 0.1) is 0 Å². The number of carbonyl (C=O) groups excluding carboxylic acids is 3. The molecule has 3 amide bonds. The molecule has 2 heterocycles. The molecule has 2 aliphatic rings. The van der Waals surface area contributed by atoms with Crippen molar-refractivity contribution in [2.24, 2.45) is 5.10 Å². The minimum absolute atomic E-state index is 0.0619. The van der Waals surface area contributed by atoms with Crippen molar-refractivity contribution in [3.8, 4) is 11.5 Å². The number of hydrogen-bond acceptors (Lipinski definition) is 7. The Labute approximate surface area is 183 Å². The molecule has 4 rings (SSSR count). The number of benzene rings is 2. The van der Waals surface area contributed by atoms with Gasteiger partial charge in [-0.1, -0.05) is 36.0 Å². The Balaban J connectivity index is 1.65. The third-order valence-corrected chi connectivity index (χ3v) is 6.06. The van der Waals surface area contributed by atoms with E-state index in [1.165, 1.54) is 5.01 Å². The molecule has 0 radical (unpaired) electrons. The molecule has 0 saturated carbocycles. The minimum atomic E-state index is -0.414. The first-order valence-corrected chi connectivity index (χ1v) is 10.6. The zero-order valence-electron chi connectivity index (χ0n) is 17.1. The zero-order chi connectivity index (χ0) is 22.0. The van der Waals surface area contributed by atoms with E-state index in [0.29, 0.717) is 17.9 Å². The minimum Gasteiger partial charge on any atom is -0.497 e. The number of amides is 3. The van der Waals surface area contributed by atoms with E-state index in [2.05, 4.69) is 5.10 Å². The lowest BCUT2D eigenvalue weighted by Crippen LogP contribution is -2.40. The second-order valence-electron chi connectivity index (χ2n) is 7.04. The average molecular weight is 439 g/mol. The van der Waals surface area contributed by atoms with Gasteiger partial charge in [0.25, 0.3) is 11.1 Å². The van der Waals surface area contributed by atoms with Gasteiger partial charge in [0.05, 0.1) is 31.7 Å². The van der Waals surface area contributed by atoms with Crippen molar-refractivity contribution >= 4 is 34.5 Å². The molecule has 1 fully saturated rings. The van der Waals surface area contributed by atoms with E-state index in [4.69, 9.17) is 9.47 Å². The van der Waals surface area contributed by atoms with Gasteiger partial charge in [0, 0.05) is 12.0 Å². The molecular formula is C22H21N3O5S. The van der Waals surface area contributed by atoms with E-state index < -0.39 is 11.1 Å². The number of rotatable bonds is 6. The molecule has 160 valence electrons. The van der Waals surface area contributed by atoms with Crippen LogP contribution in [-0.2, 0) is 9.59 Å². The van der Waals surface area contributed by atoms with Gasteiger partial charge in [-0.25, -0.2) is 5.01 Å². The van der Waals surface area contributed by atoms with E-state index in [1.54, 1.807) is 14.2 Å². The molecule has 0 bridgehead atoms. The first-order chi connectivity index (χ1) is 15.0. The smallest absolute Gasteiger partial charge is 0.289 e. The van der Waals surface area contributed by atoms with Crippen LogP contribution in [0.4, 0.5) is 4.79 Å². The van der Waals surface area contributed by atoms with Crippen LogP contribution < -0.4 is 9.47 Å². The predicted octanol–water partition coefficient (Wildman–Crippen LogP) is 3.08. The summed E-state index contributed by atoms with van der Waals surface area (Å²) in [6, 6.07) is 14.5. The topological polar surface area (TPSA) is 88.5 Å². The molecule has 9 heteroatoms. The molecule has 1 saturated heterocycles. The number of carbonyl (C=O) groups is 3. The lowest BCUT2D eigenvalue weighted by molar-refractivity contribution is -0.137. The molecule has 2 aliphatic heterocycles. The number of nitrogens with zero attached hydrogens (tertiary/aromatic N) is 3. The lowest BCUT2D eigenvalue weighted by Gasteiger charge is -2.24. The first-order valence-electron chi connectivity index (χ1n) is 9.65. The van der Waals surface area contributed by atoms with Gasteiger partial charge in [-0.3, -0.25) is 19.3 Å². The third kappa shape index (κ3) is 4.27. The van der Waals surface area contributed by atoms with Crippen LogP contribution in [0.3, 0.4) is 0 Å². The molecule has 0 aliphatic carbocycles. The SMILES string of the molecule is COc1ccc(C2CC(c3cccc(OC)c3)=NN2C(=O)CN2C(=O)CSC2=O)cc1. The summed E-state index contributed by atoms with van der Waals surface area (Å²) >= 11 is 0.904. The summed E-state index contributed by atoms with van der Waals surface area (Å²) < 4.78 is 10.5. The van der Waals surface area contributed by atoms with Crippen LogP contribution in [0.1, 0.15) is 23.6 Å². The van der Waals surface area contributed by atoms with E-state index in [9.17, 15) is 14.4 Å². The second-order valence-corrected chi connectivity index (χ2v) is 7.97. The molecule has 0 N–H and O–H groups in total. The van der Waals surface area contributed by atoms with Crippen molar-refractivity contribution in [2.45, 2.75) is 12.5 Å². The van der Waals surface area contributed by atoms with Crippen molar-refractivity contribution in [1.82, 2.24) is 9.91 Å². The van der Waals surface area contributed by atoms with Crippen LogP contribution in [0.25, 0.3) is 0 Å². The van der Waals surface area contributed by atoms with Gasteiger partial charge < -0.3 is 9.47 Å². The average Bonchev–Trinajstić information content (AvgIpc) is 3.38. The van der Waals surface area contributed by atoms with Crippen LogP contribution >= 0.6 is 11.8 Å². The van der Waals surface area contributed by atoms with Crippen LogP contribution in [0.5, 0.6) is 11.5 Å². The Bertz CT molecular complexity index is 1040. The molecule has 2 aromatic carbocycles. The lowest BCUT2D eigenvalue weighted by atomic mass is 9.98. The number of methoxy groups -OCH3 is 2. The Morgan fingerprint density at radius 1 is 1.10 bits per heavy atom. The summed E-state index contributed by atoms with van der Waals surface area (Å²) in [7, 11) is 3.18. The van der Waals surface area contributed by atoms with Crippen LogP contribution in [0.2, 0.25) is 0 Å². The Kier molecular flexibility index (Phi) is 5.94. The molecule has 0 aromatic heterocycles. The zero-order valence-corrected chi connectivity index (χ0v) is 17.9. The highest BCUT2D eigenvalue weighted by atomic mass is 32.2. The van der Waals surface area contributed by atoms with E-state index in [0.717, 1.165) is 33.5 Å². The summed E-state index contributed by atoms with van der Waals surface area (Å²) in [5, 5.41) is 5.55. The molecule has 0 spiro atoms. The van der Waals surface area contributed by atoms with Gasteiger partial charge in [-0.2, -0.15) is 5.10 Å². The highest BCUT2D eigenvalue weighted by Gasteiger charge is 2.37. The van der Waals surface area contributed by atoms with Crippen molar-refractivity contribution in [2.75, 3.05) is 26.5 Å². The summed E-state index contributed by atoms with van der Waals surface area (Å²) in [6.45, 7) is -0.327. The number of ether oxygens (including phenoxy) is 2. The summed E-state index contributed by atoms with van der Waals surface area (Å²) in [5.74, 6) is 0.686. The Hall–Kier alpha value is -3.33. The second kappa shape index (κ2) is 8.81. The van der Waals surface area contributed by atoms with Gasteiger partial charge in [0.1, 0.15) is 18.0 Å². The quantitative estimate of drug-likeness (QED) is 0.687. The molecule has 2 aromatic rings. The number of hydrogen-bond donors (Lipinski definition) is 0. The van der Waals surface area contributed by atoms with Gasteiger partial charge >= 0.3 is 0 Å². The fraction of sp³-hybridized carbons (Fsp3) is 0.273. The van der Waals surface area contributed by atoms with Crippen molar-refractivity contribution < 1.29 is 23.9 Å². The highest BCUT2D eigenvalue weighted by Crippen LogP contribution is 2.34. The van der Waals surface area contributed by atoms with E-state index in [1.807, 2.05) is 48.5 Å². The van der Waals surface area contributed by atoms with Gasteiger partial charge in [-0.05, 0) is 29.8 Å². The maximum absolute atomic E-state index is 13.1. The van der Waals surface area contributed by atoms with Crippen LogP contribution in [-0.4, -0.2) is 59.2 Å². The molecule has 1 atom stereocenters. The first kappa shape index (κ1) is 20.9. The Morgan fingerprint density at radius 3 is 2.48 bits per heavy atom.